The van der Waals surface area contributed by atoms with Crippen molar-refractivity contribution in [1.82, 2.24) is 5.32 Å². The molecule has 0 radical (unpaired) electrons. The van der Waals surface area contributed by atoms with Crippen LogP contribution in [-0.4, -0.2) is 25.6 Å². The average Bonchev–Trinajstić information content (AvgIpc) is 2.75. The van der Waals surface area contributed by atoms with Gasteiger partial charge in [0, 0.05) is 28.3 Å². The number of benzene rings is 3. The molecule has 0 aliphatic rings. The lowest BCUT2D eigenvalue weighted by atomic mass is 9.79. The summed E-state index contributed by atoms with van der Waals surface area (Å²) in [5.41, 5.74) is 7.98. The zero-order chi connectivity index (χ0) is 20.9. The van der Waals surface area contributed by atoms with E-state index in [9.17, 15) is 4.79 Å². The van der Waals surface area contributed by atoms with Crippen LogP contribution in [0.3, 0.4) is 0 Å². The Morgan fingerprint density at radius 3 is 2.17 bits per heavy atom. The van der Waals surface area contributed by atoms with Crippen molar-refractivity contribution in [2.24, 2.45) is 5.73 Å². The van der Waals surface area contributed by atoms with Crippen molar-refractivity contribution in [3.8, 4) is 0 Å². The van der Waals surface area contributed by atoms with Crippen molar-refractivity contribution >= 4 is 17.6 Å². The third-order valence-corrected chi connectivity index (χ3v) is 5.34. The van der Waals surface area contributed by atoms with Crippen molar-refractivity contribution in [1.29, 1.82) is 0 Å². The number of ether oxygens (including phenoxy) is 1. The molecule has 5 heteroatoms. The Balaban J connectivity index is 2.31. The normalized spacial score (nSPS) is 14.1. The highest BCUT2D eigenvalue weighted by Gasteiger charge is 2.43. The lowest BCUT2D eigenvalue weighted by Gasteiger charge is -2.37. The molecule has 3 N–H and O–H groups in total. The van der Waals surface area contributed by atoms with Gasteiger partial charge < -0.3 is 15.8 Å². The highest BCUT2D eigenvalue weighted by atomic mass is 35.5. The Morgan fingerprint density at radius 2 is 1.59 bits per heavy atom. The molecule has 0 aromatic heterocycles. The van der Waals surface area contributed by atoms with Gasteiger partial charge in [0.1, 0.15) is 6.04 Å². The Morgan fingerprint density at radius 1 is 1.00 bits per heavy atom. The second-order valence-corrected chi connectivity index (χ2v) is 7.30. The SMILES string of the molecule is CN[C@@H](CN)C(=O)OC(c1ccccc1)(c1ccc(C)cc1)c1ccccc1Cl. The van der Waals surface area contributed by atoms with Gasteiger partial charge in [0.2, 0.25) is 0 Å². The van der Waals surface area contributed by atoms with E-state index in [1.165, 1.54) is 0 Å². The van der Waals surface area contributed by atoms with Gasteiger partial charge in [0.05, 0.1) is 0 Å². The summed E-state index contributed by atoms with van der Waals surface area (Å²) in [6, 6.07) is 24.4. The third-order valence-electron chi connectivity index (χ3n) is 5.01. The average molecular weight is 409 g/mol. The molecular formula is C24H25ClN2O2. The number of esters is 1. The summed E-state index contributed by atoms with van der Waals surface area (Å²) in [5.74, 6) is -0.445. The van der Waals surface area contributed by atoms with Gasteiger partial charge in [-0.25, -0.2) is 0 Å². The molecule has 0 fully saturated rings. The summed E-state index contributed by atoms with van der Waals surface area (Å²) < 4.78 is 6.30. The monoisotopic (exact) mass is 408 g/mol. The second kappa shape index (κ2) is 9.23. The number of carbonyl (C=O) groups is 1. The van der Waals surface area contributed by atoms with Crippen LogP contribution in [0.2, 0.25) is 5.02 Å². The Hall–Kier alpha value is -2.66. The van der Waals surface area contributed by atoms with Crippen LogP contribution in [0.5, 0.6) is 0 Å². The van der Waals surface area contributed by atoms with Crippen LogP contribution in [0.25, 0.3) is 0 Å². The summed E-state index contributed by atoms with van der Waals surface area (Å²) in [4.78, 5) is 13.1. The standard InChI is InChI=1S/C24H25ClN2O2/c1-17-12-14-19(15-13-17)24(18-8-4-3-5-9-18,20-10-6-7-11-21(20)25)29-23(28)22(16-26)27-2/h3-15,22,27H,16,26H2,1-2H3/t22-,24?/m0/s1. The molecule has 3 aromatic carbocycles. The number of hydrogen-bond acceptors (Lipinski definition) is 4. The Kier molecular flexibility index (Phi) is 6.70. The van der Waals surface area contributed by atoms with Gasteiger partial charge in [-0.2, -0.15) is 0 Å². The molecule has 0 spiro atoms. The lowest BCUT2D eigenvalue weighted by molar-refractivity contribution is -0.155. The summed E-state index contributed by atoms with van der Waals surface area (Å²) in [6.07, 6.45) is 0. The maximum Gasteiger partial charge on any atom is 0.326 e. The van der Waals surface area contributed by atoms with Crippen LogP contribution in [0.15, 0.2) is 78.9 Å². The number of halogens is 1. The minimum Gasteiger partial charge on any atom is -0.443 e. The van der Waals surface area contributed by atoms with Gasteiger partial charge in [-0.15, -0.1) is 0 Å². The molecule has 0 saturated heterocycles. The molecule has 0 heterocycles. The zero-order valence-electron chi connectivity index (χ0n) is 16.6. The zero-order valence-corrected chi connectivity index (χ0v) is 17.3. The number of rotatable bonds is 7. The predicted octanol–water partition coefficient (Wildman–Crippen LogP) is 4.03. The quantitative estimate of drug-likeness (QED) is 0.457. The van der Waals surface area contributed by atoms with Crippen molar-refractivity contribution in [3.63, 3.8) is 0 Å². The largest absolute Gasteiger partial charge is 0.443 e. The number of aryl methyl sites for hydroxylation is 1. The topological polar surface area (TPSA) is 64.3 Å². The smallest absolute Gasteiger partial charge is 0.326 e. The van der Waals surface area contributed by atoms with Gasteiger partial charge in [-0.3, -0.25) is 4.79 Å². The van der Waals surface area contributed by atoms with Crippen LogP contribution >= 0.6 is 11.6 Å². The molecule has 3 aromatic rings. The lowest BCUT2D eigenvalue weighted by Crippen LogP contribution is -2.46. The molecule has 1 unspecified atom stereocenters. The van der Waals surface area contributed by atoms with E-state index in [1.54, 1.807) is 13.1 Å². The van der Waals surface area contributed by atoms with Gasteiger partial charge in [0.25, 0.3) is 0 Å². The maximum atomic E-state index is 13.1. The molecular weight excluding hydrogens is 384 g/mol. The summed E-state index contributed by atoms with van der Waals surface area (Å²) >= 11 is 6.64. The fraction of sp³-hybridized carbons (Fsp3) is 0.208. The van der Waals surface area contributed by atoms with E-state index in [0.29, 0.717) is 10.6 Å². The molecule has 0 aliphatic heterocycles. The van der Waals surface area contributed by atoms with Crippen molar-refractivity contribution in [3.05, 3.63) is 106 Å². The van der Waals surface area contributed by atoms with Crippen molar-refractivity contribution in [2.45, 2.75) is 18.6 Å². The van der Waals surface area contributed by atoms with Crippen molar-refractivity contribution < 1.29 is 9.53 Å². The minimum absolute atomic E-state index is 0.122. The fourth-order valence-corrected chi connectivity index (χ4v) is 3.68. The van der Waals surface area contributed by atoms with Crippen LogP contribution in [0, 0.1) is 6.92 Å². The van der Waals surface area contributed by atoms with Crippen molar-refractivity contribution in [2.75, 3.05) is 13.6 Å². The highest BCUT2D eigenvalue weighted by Crippen LogP contribution is 2.43. The molecule has 150 valence electrons. The molecule has 0 saturated carbocycles. The van der Waals surface area contributed by atoms with E-state index < -0.39 is 17.6 Å². The maximum absolute atomic E-state index is 13.1. The highest BCUT2D eigenvalue weighted by molar-refractivity contribution is 6.31. The Bertz CT molecular complexity index is 956. The van der Waals surface area contributed by atoms with E-state index in [-0.39, 0.29) is 6.54 Å². The van der Waals surface area contributed by atoms with Crippen LogP contribution in [-0.2, 0) is 15.1 Å². The first-order chi connectivity index (χ1) is 14.0. The molecule has 0 aliphatic carbocycles. The number of nitrogens with two attached hydrogens (primary N) is 1. The third kappa shape index (κ3) is 4.20. The number of nitrogens with one attached hydrogen (secondary N) is 1. The predicted molar refractivity (Wildman–Crippen MR) is 117 cm³/mol. The number of likely N-dealkylation sites (N-methyl/N-ethyl adjacent to an activating group) is 1. The van der Waals surface area contributed by atoms with Crippen LogP contribution < -0.4 is 11.1 Å². The summed E-state index contributed by atoms with van der Waals surface area (Å²) in [6.45, 7) is 2.14. The van der Waals surface area contributed by atoms with Gasteiger partial charge in [0.15, 0.2) is 5.60 Å². The van der Waals surface area contributed by atoms with Gasteiger partial charge >= 0.3 is 5.97 Å². The van der Waals surface area contributed by atoms with Crippen LogP contribution in [0.1, 0.15) is 22.3 Å². The summed E-state index contributed by atoms with van der Waals surface area (Å²) in [5, 5.41) is 3.43. The van der Waals surface area contributed by atoms with E-state index in [2.05, 4.69) is 5.32 Å². The fourth-order valence-electron chi connectivity index (χ4n) is 3.41. The first kappa shape index (κ1) is 21.1. The van der Waals surface area contributed by atoms with Crippen LogP contribution in [0.4, 0.5) is 0 Å². The molecule has 0 amide bonds. The van der Waals surface area contributed by atoms with E-state index in [0.717, 1.165) is 16.7 Å². The molecule has 2 atom stereocenters. The van der Waals surface area contributed by atoms with E-state index >= 15 is 0 Å². The van der Waals surface area contributed by atoms with Gasteiger partial charge in [-0.1, -0.05) is 90.0 Å². The summed E-state index contributed by atoms with van der Waals surface area (Å²) in [7, 11) is 1.68. The second-order valence-electron chi connectivity index (χ2n) is 6.89. The minimum atomic E-state index is -1.21. The first-order valence-corrected chi connectivity index (χ1v) is 9.88. The van der Waals surface area contributed by atoms with Gasteiger partial charge in [-0.05, 0) is 20.0 Å². The number of hydrogen-bond donors (Lipinski definition) is 2. The molecule has 0 bridgehead atoms. The van der Waals surface area contributed by atoms with E-state index in [1.807, 2.05) is 79.7 Å². The first-order valence-electron chi connectivity index (χ1n) is 9.50. The van der Waals surface area contributed by atoms with E-state index in [4.69, 9.17) is 22.1 Å². The molecule has 29 heavy (non-hydrogen) atoms. The molecule has 3 rings (SSSR count). The number of carbonyl (C=O) groups excluding carboxylic acids is 1. The molecule has 4 nitrogen and oxygen atoms in total. The Labute approximate surface area is 176 Å².